The van der Waals surface area contributed by atoms with E-state index < -0.39 is 16.1 Å². The van der Waals surface area contributed by atoms with Crippen LogP contribution < -0.4 is 5.32 Å². The van der Waals surface area contributed by atoms with Crippen LogP contribution in [0, 0.1) is 0 Å². The van der Waals surface area contributed by atoms with Gasteiger partial charge in [0.15, 0.2) is 0 Å². The Morgan fingerprint density at radius 1 is 1.36 bits per heavy atom. The van der Waals surface area contributed by atoms with Gasteiger partial charge in [0.2, 0.25) is 0 Å². The van der Waals surface area contributed by atoms with Gasteiger partial charge in [-0.1, -0.05) is 6.92 Å². The maximum atomic E-state index is 12.6. The number of aryl methyl sites for hydroxylation is 1. The quantitative estimate of drug-likeness (QED) is 0.887. The van der Waals surface area contributed by atoms with Crippen LogP contribution in [0.2, 0.25) is 0 Å². The van der Waals surface area contributed by atoms with E-state index in [2.05, 4.69) is 5.32 Å². The molecule has 0 aromatic carbocycles. The lowest BCUT2D eigenvalue weighted by Crippen LogP contribution is -2.46. The summed E-state index contributed by atoms with van der Waals surface area (Å²) in [6, 6.07) is 3.52. The standard InChI is InChI=1S/C14H22N2O4S2/c1-3-12-5-6-13(21-12)22(18,19)16-9-7-11(8-10-16)15-14(17)20-4-2/h5-6,11H,3-4,7-10H2,1-2H3,(H,15,17). The molecular weight excluding hydrogens is 324 g/mol. The molecule has 1 aliphatic heterocycles. The van der Waals surface area contributed by atoms with Crippen LogP contribution in [0.25, 0.3) is 0 Å². The third-order valence-electron chi connectivity index (χ3n) is 3.63. The zero-order valence-electron chi connectivity index (χ0n) is 12.9. The van der Waals surface area contributed by atoms with Crippen LogP contribution in [0.1, 0.15) is 31.6 Å². The number of ether oxygens (including phenoxy) is 1. The third kappa shape index (κ3) is 3.99. The van der Waals surface area contributed by atoms with E-state index >= 15 is 0 Å². The molecule has 1 aliphatic rings. The van der Waals surface area contributed by atoms with Gasteiger partial charge < -0.3 is 10.1 Å². The molecule has 0 radical (unpaired) electrons. The lowest BCUT2D eigenvalue weighted by molar-refractivity contribution is 0.143. The van der Waals surface area contributed by atoms with E-state index in [0.29, 0.717) is 36.7 Å². The number of hydrogen-bond acceptors (Lipinski definition) is 5. The van der Waals surface area contributed by atoms with Crippen molar-refractivity contribution >= 4 is 27.5 Å². The molecule has 0 saturated carbocycles. The van der Waals surface area contributed by atoms with Gasteiger partial charge in [0.25, 0.3) is 10.0 Å². The third-order valence-corrected chi connectivity index (χ3v) is 7.23. The van der Waals surface area contributed by atoms with Crippen LogP contribution in [-0.2, 0) is 21.2 Å². The Morgan fingerprint density at radius 3 is 2.59 bits per heavy atom. The summed E-state index contributed by atoms with van der Waals surface area (Å²) < 4.78 is 31.9. The summed E-state index contributed by atoms with van der Waals surface area (Å²) in [7, 11) is -3.41. The number of thiophene rings is 1. The molecule has 0 bridgehead atoms. The van der Waals surface area contributed by atoms with Gasteiger partial charge in [0.05, 0.1) is 6.61 Å². The largest absolute Gasteiger partial charge is 0.450 e. The highest BCUT2D eigenvalue weighted by atomic mass is 32.2. The van der Waals surface area contributed by atoms with Crippen LogP contribution in [0.5, 0.6) is 0 Å². The van der Waals surface area contributed by atoms with E-state index in [1.165, 1.54) is 15.6 Å². The van der Waals surface area contributed by atoms with Crippen molar-refractivity contribution < 1.29 is 17.9 Å². The minimum absolute atomic E-state index is 0.0277. The van der Waals surface area contributed by atoms with Crippen LogP contribution in [0.15, 0.2) is 16.3 Å². The number of rotatable bonds is 5. The predicted molar refractivity (Wildman–Crippen MR) is 85.6 cm³/mol. The number of nitrogens with zero attached hydrogens (tertiary/aromatic N) is 1. The second-order valence-electron chi connectivity index (χ2n) is 5.12. The Kier molecular flexibility index (Phi) is 5.82. The number of hydrogen-bond donors (Lipinski definition) is 1. The first-order valence-corrected chi connectivity index (χ1v) is 9.75. The second-order valence-corrected chi connectivity index (χ2v) is 8.45. The molecule has 124 valence electrons. The summed E-state index contributed by atoms with van der Waals surface area (Å²) in [4.78, 5) is 12.5. The van der Waals surface area contributed by atoms with Crippen molar-refractivity contribution in [1.82, 2.24) is 9.62 Å². The summed E-state index contributed by atoms with van der Waals surface area (Å²) >= 11 is 1.33. The Labute approximate surface area is 135 Å². The zero-order valence-corrected chi connectivity index (χ0v) is 14.5. The molecule has 1 N–H and O–H groups in total. The minimum Gasteiger partial charge on any atom is -0.450 e. The van der Waals surface area contributed by atoms with Gasteiger partial charge in [-0.2, -0.15) is 4.31 Å². The Bertz CT molecular complexity index is 604. The molecule has 0 atom stereocenters. The normalized spacial score (nSPS) is 17.4. The lowest BCUT2D eigenvalue weighted by atomic mass is 10.1. The number of piperidine rings is 1. The summed E-state index contributed by atoms with van der Waals surface area (Å²) in [5.41, 5.74) is 0. The molecule has 0 aliphatic carbocycles. The number of nitrogens with one attached hydrogen (secondary N) is 1. The van der Waals surface area contributed by atoms with E-state index in [4.69, 9.17) is 4.74 Å². The fraction of sp³-hybridized carbons (Fsp3) is 0.643. The fourth-order valence-corrected chi connectivity index (χ4v) is 5.31. The molecular formula is C14H22N2O4S2. The molecule has 2 heterocycles. The van der Waals surface area contributed by atoms with Crippen molar-refractivity contribution in [3.05, 3.63) is 17.0 Å². The monoisotopic (exact) mass is 346 g/mol. The summed E-state index contributed by atoms with van der Waals surface area (Å²) in [6.07, 6.45) is 1.61. The molecule has 6 nitrogen and oxygen atoms in total. The average molecular weight is 346 g/mol. The molecule has 8 heteroatoms. The van der Waals surface area contributed by atoms with Gasteiger partial charge in [0, 0.05) is 24.0 Å². The van der Waals surface area contributed by atoms with Gasteiger partial charge in [-0.15, -0.1) is 11.3 Å². The van der Waals surface area contributed by atoms with Crippen LogP contribution >= 0.6 is 11.3 Å². The zero-order chi connectivity index (χ0) is 16.2. The first kappa shape index (κ1) is 17.2. The van der Waals surface area contributed by atoms with Crippen molar-refractivity contribution in [2.24, 2.45) is 0 Å². The number of carbonyl (C=O) groups is 1. The summed E-state index contributed by atoms with van der Waals surface area (Å²) in [5, 5.41) is 2.76. The first-order valence-electron chi connectivity index (χ1n) is 7.49. The van der Waals surface area contributed by atoms with Crippen molar-refractivity contribution in [3.63, 3.8) is 0 Å². The van der Waals surface area contributed by atoms with Gasteiger partial charge in [-0.05, 0) is 38.3 Å². The summed E-state index contributed by atoms with van der Waals surface area (Å²) in [6.45, 7) is 4.92. The Morgan fingerprint density at radius 2 is 2.05 bits per heavy atom. The maximum Gasteiger partial charge on any atom is 0.407 e. The van der Waals surface area contributed by atoms with Crippen molar-refractivity contribution in [2.75, 3.05) is 19.7 Å². The SMILES string of the molecule is CCOC(=O)NC1CCN(S(=O)(=O)c2ccc(CC)s2)CC1. The molecule has 1 aromatic rings. The molecule has 2 rings (SSSR count). The second kappa shape index (κ2) is 7.43. The number of alkyl carbamates (subject to hydrolysis) is 1. The molecule has 1 saturated heterocycles. The maximum absolute atomic E-state index is 12.6. The minimum atomic E-state index is -3.41. The van der Waals surface area contributed by atoms with E-state index in [0.717, 1.165) is 11.3 Å². The molecule has 0 unspecified atom stereocenters. The smallest absolute Gasteiger partial charge is 0.407 e. The van der Waals surface area contributed by atoms with Gasteiger partial charge in [-0.25, -0.2) is 13.2 Å². The van der Waals surface area contributed by atoms with Crippen LogP contribution in [-0.4, -0.2) is 44.6 Å². The summed E-state index contributed by atoms with van der Waals surface area (Å²) in [5.74, 6) is 0. The topological polar surface area (TPSA) is 75.7 Å². The van der Waals surface area contributed by atoms with Gasteiger partial charge in [-0.3, -0.25) is 0 Å². The van der Waals surface area contributed by atoms with E-state index in [1.54, 1.807) is 13.0 Å². The highest BCUT2D eigenvalue weighted by Gasteiger charge is 2.31. The molecule has 1 aromatic heterocycles. The predicted octanol–water partition coefficient (Wildman–Crippen LogP) is 2.21. The van der Waals surface area contributed by atoms with E-state index in [-0.39, 0.29) is 6.04 Å². The van der Waals surface area contributed by atoms with Crippen molar-refractivity contribution in [2.45, 2.75) is 43.4 Å². The molecule has 22 heavy (non-hydrogen) atoms. The Balaban J connectivity index is 1.94. The fourth-order valence-electron chi connectivity index (χ4n) is 2.39. The van der Waals surface area contributed by atoms with Crippen LogP contribution in [0.3, 0.4) is 0 Å². The highest BCUT2D eigenvalue weighted by molar-refractivity contribution is 7.91. The number of sulfonamides is 1. The first-order chi connectivity index (χ1) is 10.5. The van der Waals surface area contributed by atoms with Crippen molar-refractivity contribution in [1.29, 1.82) is 0 Å². The van der Waals surface area contributed by atoms with Gasteiger partial charge >= 0.3 is 6.09 Å². The molecule has 1 amide bonds. The van der Waals surface area contributed by atoms with Gasteiger partial charge in [0.1, 0.15) is 4.21 Å². The van der Waals surface area contributed by atoms with Crippen molar-refractivity contribution in [3.8, 4) is 0 Å². The lowest BCUT2D eigenvalue weighted by Gasteiger charge is -2.30. The van der Waals surface area contributed by atoms with Crippen LogP contribution in [0.4, 0.5) is 4.79 Å². The van der Waals surface area contributed by atoms with E-state index in [1.807, 2.05) is 13.0 Å². The average Bonchev–Trinajstić information content (AvgIpc) is 2.98. The van der Waals surface area contributed by atoms with E-state index in [9.17, 15) is 13.2 Å². The molecule has 0 spiro atoms. The highest BCUT2D eigenvalue weighted by Crippen LogP contribution is 2.27. The number of amides is 1. The Hall–Kier alpha value is -1.12. The number of carbonyl (C=O) groups excluding carboxylic acids is 1. The molecule has 1 fully saturated rings.